The average Bonchev–Trinajstić information content (AvgIpc) is 2.30. The molecular formula is C13H16O3. The van der Waals surface area contributed by atoms with Gasteiger partial charge in [0.25, 0.3) is 0 Å². The van der Waals surface area contributed by atoms with Crippen LogP contribution >= 0.6 is 0 Å². The van der Waals surface area contributed by atoms with Gasteiger partial charge in [-0.3, -0.25) is 0 Å². The van der Waals surface area contributed by atoms with Crippen molar-refractivity contribution in [1.29, 1.82) is 0 Å². The van der Waals surface area contributed by atoms with E-state index in [4.69, 9.17) is 9.47 Å². The molecule has 16 heavy (non-hydrogen) atoms. The van der Waals surface area contributed by atoms with Gasteiger partial charge in [0, 0.05) is 11.1 Å². The van der Waals surface area contributed by atoms with Gasteiger partial charge in [0.1, 0.15) is 5.75 Å². The summed E-state index contributed by atoms with van der Waals surface area (Å²) in [6, 6.07) is 7.52. The molecule has 0 aliphatic heterocycles. The number of carbonyl (C=O) groups is 1. The van der Waals surface area contributed by atoms with Crippen LogP contribution in [-0.2, 0) is 9.53 Å². The van der Waals surface area contributed by atoms with Gasteiger partial charge >= 0.3 is 5.97 Å². The van der Waals surface area contributed by atoms with Crippen LogP contribution < -0.4 is 4.74 Å². The van der Waals surface area contributed by atoms with Crippen molar-refractivity contribution in [3.05, 3.63) is 35.4 Å². The Kier molecular flexibility index (Phi) is 4.58. The zero-order valence-electron chi connectivity index (χ0n) is 9.82. The predicted octanol–water partition coefficient (Wildman–Crippen LogP) is 2.66. The van der Waals surface area contributed by atoms with Gasteiger partial charge in [0.15, 0.2) is 0 Å². The van der Waals surface area contributed by atoms with E-state index >= 15 is 0 Å². The third-order valence-electron chi connectivity index (χ3n) is 2.11. The summed E-state index contributed by atoms with van der Waals surface area (Å²) in [7, 11) is 1.60. The third-order valence-corrected chi connectivity index (χ3v) is 2.11. The molecule has 86 valence electrons. The summed E-state index contributed by atoms with van der Waals surface area (Å²) in [6.07, 6.45) is 1.76. The second-order valence-corrected chi connectivity index (χ2v) is 3.29. The monoisotopic (exact) mass is 220 g/mol. The second-order valence-electron chi connectivity index (χ2n) is 3.29. The molecule has 0 saturated heterocycles. The Morgan fingerprint density at radius 2 is 2.06 bits per heavy atom. The summed E-state index contributed by atoms with van der Waals surface area (Å²) >= 11 is 0. The number of hydrogen-bond donors (Lipinski definition) is 0. The first kappa shape index (κ1) is 12.3. The summed E-state index contributed by atoms with van der Waals surface area (Å²) < 4.78 is 10.1. The molecule has 1 aromatic carbocycles. The van der Waals surface area contributed by atoms with Crippen LogP contribution in [0.25, 0.3) is 6.08 Å². The van der Waals surface area contributed by atoms with Crippen LogP contribution in [0.1, 0.15) is 19.4 Å². The standard InChI is InChI=1S/C13H16O3/c1-4-16-13(14)10(2)9-11-7-5-6-8-12(11)15-3/h5-9H,4H2,1-3H3/b10-9+. The van der Waals surface area contributed by atoms with Crippen molar-refractivity contribution in [2.45, 2.75) is 13.8 Å². The molecule has 0 saturated carbocycles. The molecule has 1 aromatic rings. The van der Waals surface area contributed by atoms with Gasteiger partial charge in [-0.2, -0.15) is 0 Å². The van der Waals surface area contributed by atoms with Gasteiger partial charge in [-0.15, -0.1) is 0 Å². The smallest absolute Gasteiger partial charge is 0.333 e. The van der Waals surface area contributed by atoms with Crippen LogP contribution in [0, 0.1) is 0 Å². The first-order valence-corrected chi connectivity index (χ1v) is 5.17. The van der Waals surface area contributed by atoms with E-state index in [9.17, 15) is 4.79 Å². The number of benzene rings is 1. The Morgan fingerprint density at radius 3 is 2.69 bits per heavy atom. The number of carbonyl (C=O) groups excluding carboxylic acids is 1. The summed E-state index contributed by atoms with van der Waals surface area (Å²) in [6.45, 7) is 3.90. The fraction of sp³-hybridized carbons (Fsp3) is 0.308. The lowest BCUT2D eigenvalue weighted by Crippen LogP contribution is -2.04. The lowest BCUT2D eigenvalue weighted by molar-refractivity contribution is -0.138. The molecule has 1 rings (SSSR count). The average molecular weight is 220 g/mol. The molecule has 0 aliphatic carbocycles. The van der Waals surface area contributed by atoms with Gasteiger partial charge < -0.3 is 9.47 Å². The van der Waals surface area contributed by atoms with E-state index in [1.54, 1.807) is 27.0 Å². The van der Waals surface area contributed by atoms with E-state index in [2.05, 4.69) is 0 Å². The summed E-state index contributed by atoms with van der Waals surface area (Å²) in [4.78, 5) is 11.4. The predicted molar refractivity (Wildman–Crippen MR) is 63.3 cm³/mol. The molecule has 0 radical (unpaired) electrons. The molecule has 0 N–H and O–H groups in total. The Balaban J connectivity index is 2.93. The first-order valence-electron chi connectivity index (χ1n) is 5.17. The fourth-order valence-electron chi connectivity index (χ4n) is 1.32. The number of esters is 1. The van der Waals surface area contributed by atoms with Gasteiger partial charge in [-0.05, 0) is 26.0 Å². The number of hydrogen-bond acceptors (Lipinski definition) is 3. The summed E-state index contributed by atoms with van der Waals surface area (Å²) in [5.74, 6) is 0.444. The minimum Gasteiger partial charge on any atom is -0.496 e. The maximum atomic E-state index is 11.4. The zero-order chi connectivity index (χ0) is 12.0. The lowest BCUT2D eigenvalue weighted by atomic mass is 10.1. The number of methoxy groups -OCH3 is 1. The third kappa shape index (κ3) is 3.12. The molecule has 0 aliphatic rings. The Morgan fingerprint density at radius 1 is 1.38 bits per heavy atom. The van der Waals surface area contributed by atoms with Crippen LogP contribution in [0.15, 0.2) is 29.8 Å². The molecule has 0 atom stereocenters. The number of para-hydroxylation sites is 1. The molecule has 0 amide bonds. The van der Waals surface area contributed by atoms with E-state index in [-0.39, 0.29) is 5.97 Å². The molecule has 3 nitrogen and oxygen atoms in total. The van der Waals surface area contributed by atoms with Crippen molar-refractivity contribution in [1.82, 2.24) is 0 Å². The van der Waals surface area contributed by atoms with E-state index in [1.807, 2.05) is 24.3 Å². The van der Waals surface area contributed by atoms with Crippen LogP contribution in [0.3, 0.4) is 0 Å². The maximum absolute atomic E-state index is 11.4. The van der Waals surface area contributed by atoms with Crippen LogP contribution in [0.2, 0.25) is 0 Å². The van der Waals surface area contributed by atoms with Gasteiger partial charge in [0.2, 0.25) is 0 Å². The maximum Gasteiger partial charge on any atom is 0.333 e. The molecule has 0 aromatic heterocycles. The second kappa shape index (κ2) is 5.95. The highest BCUT2D eigenvalue weighted by molar-refractivity contribution is 5.93. The largest absolute Gasteiger partial charge is 0.496 e. The minimum atomic E-state index is -0.298. The number of rotatable bonds is 4. The molecule has 0 heterocycles. The van der Waals surface area contributed by atoms with Crippen LogP contribution in [0.4, 0.5) is 0 Å². The molecule has 0 unspecified atom stereocenters. The van der Waals surface area contributed by atoms with Crippen molar-refractivity contribution in [3.8, 4) is 5.75 Å². The van der Waals surface area contributed by atoms with E-state index in [0.717, 1.165) is 11.3 Å². The SMILES string of the molecule is CCOC(=O)/C(C)=C/c1ccccc1OC. The highest BCUT2D eigenvalue weighted by Crippen LogP contribution is 2.20. The Labute approximate surface area is 95.7 Å². The Bertz CT molecular complexity index is 394. The quantitative estimate of drug-likeness (QED) is 0.578. The molecule has 3 heteroatoms. The van der Waals surface area contributed by atoms with Crippen molar-refractivity contribution in [2.24, 2.45) is 0 Å². The fourth-order valence-corrected chi connectivity index (χ4v) is 1.32. The number of ether oxygens (including phenoxy) is 2. The van der Waals surface area contributed by atoms with E-state index < -0.39 is 0 Å². The normalized spacial score (nSPS) is 11.1. The molecular weight excluding hydrogens is 204 g/mol. The van der Waals surface area contributed by atoms with E-state index in [0.29, 0.717) is 12.2 Å². The highest BCUT2D eigenvalue weighted by atomic mass is 16.5. The van der Waals surface area contributed by atoms with Gasteiger partial charge in [0.05, 0.1) is 13.7 Å². The molecule has 0 bridgehead atoms. The molecule has 0 fully saturated rings. The first-order chi connectivity index (χ1) is 7.69. The highest BCUT2D eigenvalue weighted by Gasteiger charge is 2.06. The van der Waals surface area contributed by atoms with Gasteiger partial charge in [-0.25, -0.2) is 4.79 Å². The summed E-state index contributed by atoms with van der Waals surface area (Å²) in [5.41, 5.74) is 1.43. The Hall–Kier alpha value is -1.77. The van der Waals surface area contributed by atoms with Crippen LogP contribution in [-0.4, -0.2) is 19.7 Å². The topological polar surface area (TPSA) is 35.5 Å². The van der Waals surface area contributed by atoms with E-state index in [1.165, 1.54) is 0 Å². The molecule has 0 spiro atoms. The van der Waals surface area contributed by atoms with Crippen LogP contribution in [0.5, 0.6) is 5.75 Å². The summed E-state index contributed by atoms with van der Waals surface area (Å²) in [5, 5.41) is 0. The van der Waals surface area contributed by atoms with Crippen molar-refractivity contribution in [3.63, 3.8) is 0 Å². The van der Waals surface area contributed by atoms with Crippen molar-refractivity contribution < 1.29 is 14.3 Å². The van der Waals surface area contributed by atoms with Crippen molar-refractivity contribution in [2.75, 3.05) is 13.7 Å². The van der Waals surface area contributed by atoms with Gasteiger partial charge in [-0.1, -0.05) is 18.2 Å². The lowest BCUT2D eigenvalue weighted by Gasteiger charge is -2.05. The van der Waals surface area contributed by atoms with Crippen molar-refractivity contribution >= 4 is 12.0 Å². The minimum absolute atomic E-state index is 0.298. The zero-order valence-corrected chi connectivity index (χ0v) is 9.82.